The van der Waals surface area contributed by atoms with Crippen LogP contribution in [0, 0.1) is 11.3 Å². The van der Waals surface area contributed by atoms with Crippen LogP contribution >= 0.6 is 11.6 Å². The molecule has 0 aliphatic carbocycles. The van der Waals surface area contributed by atoms with E-state index in [1.165, 1.54) is 0 Å². The van der Waals surface area contributed by atoms with Gasteiger partial charge in [-0.2, -0.15) is 10.4 Å². The molecule has 7 rings (SSSR count). The number of benzene rings is 2. The molecule has 5 heterocycles. The van der Waals surface area contributed by atoms with Crippen LogP contribution in [-0.4, -0.2) is 62.5 Å². The molecular weight excluding hydrogens is 518 g/mol. The van der Waals surface area contributed by atoms with Gasteiger partial charge in [-0.25, -0.2) is 9.67 Å². The molecule has 2 fully saturated rings. The van der Waals surface area contributed by atoms with E-state index in [4.69, 9.17) is 30.8 Å². The van der Waals surface area contributed by atoms with Crippen molar-refractivity contribution in [3.8, 4) is 40.0 Å². The Labute approximate surface area is 228 Å². The Morgan fingerprint density at radius 1 is 1.03 bits per heavy atom. The lowest BCUT2D eigenvalue weighted by atomic mass is 10.0. The molecule has 39 heavy (non-hydrogen) atoms. The second-order valence-electron chi connectivity index (χ2n) is 9.55. The molecule has 0 saturated carbocycles. The van der Waals surface area contributed by atoms with Crippen LogP contribution in [0.5, 0.6) is 5.88 Å². The number of nitriles is 1. The van der Waals surface area contributed by atoms with Crippen molar-refractivity contribution in [1.29, 1.82) is 5.26 Å². The fourth-order valence-corrected chi connectivity index (χ4v) is 5.47. The molecule has 0 amide bonds. The van der Waals surface area contributed by atoms with Gasteiger partial charge in [-0.05, 0) is 35.4 Å². The minimum absolute atomic E-state index is 0.197. The van der Waals surface area contributed by atoms with Crippen LogP contribution in [0.1, 0.15) is 5.56 Å². The Morgan fingerprint density at radius 2 is 1.74 bits per heavy atom. The van der Waals surface area contributed by atoms with Gasteiger partial charge < -0.3 is 24.3 Å². The summed E-state index contributed by atoms with van der Waals surface area (Å²) in [6, 6.07) is 22.0. The van der Waals surface area contributed by atoms with E-state index in [-0.39, 0.29) is 24.7 Å². The summed E-state index contributed by atoms with van der Waals surface area (Å²) in [5, 5.41) is 24.7. The van der Waals surface area contributed by atoms with Crippen molar-refractivity contribution in [3.63, 3.8) is 0 Å². The van der Waals surface area contributed by atoms with Gasteiger partial charge in [-0.3, -0.25) is 0 Å². The number of aromatic amines is 1. The van der Waals surface area contributed by atoms with Crippen LogP contribution in [0.4, 0.5) is 0 Å². The van der Waals surface area contributed by atoms with Crippen molar-refractivity contribution in [3.05, 3.63) is 83.6 Å². The number of nitrogens with one attached hydrogen (secondary N) is 1. The van der Waals surface area contributed by atoms with Gasteiger partial charge in [0, 0.05) is 18.0 Å². The van der Waals surface area contributed by atoms with Crippen molar-refractivity contribution in [1.82, 2.24) is 19.7 Å². The lowest BCUT2D eigenvalue weighted by Gasteiger charge is -2.16. The van der Waals surface area contributed by atoms with Gasteiger partial charge in [0.15, 0.2) is 6.10 Å². The third-order valence-electron chi connectivity index (χ3n) is 7.18. The van der Waals surface area contributed by atoms with Crippen LogP contribution < -0.4 is 4.74 Å². The number of rotatable bonds is 5. The topological polar surface area (TPSA) is 118 Å². The van der Waals surface area contributed by atoms with E-state index in [1.54, 1.807) is 12.3 Å². The second kappa shape index (κ2) is 9.52. The van der Waals surface area contributed by atoms with Gasteiger partial charge in [0.25, 0.3) is 0 Å². The summed E-state index contributed by atoms with van der Waals surface area (Å²) in [6.45, 7) is 0.452. The first-order chi connectivity index (χ1) is 19.1. The highest BCUT2D eigenvalue weighted by atomic mass is 35.5. The number of H-pyrrole nitrogens is 1. The Balaban J connectivity index is 1.16. The fraction of sp³-hybridized carbons (Fsp3) is 0.207. The van der Waals surface area contributed by atoms with E-state index in [1.807, 2.05) is 53.3 Å². The third kappa shape index (κ3) is 4.15. The molecule has 0 bridgehead atoms. The number of nitrogens with zero attached hydrogens (tertiary/aromatic N) is 4. The van der Waals surface area contributed by atoms with Crippen LogP contribution in [0.2, 0.25) is 5.02 Å². The first-order valence-electron chi connectivity index (χ1n) is 12.5. The Hall–Kier alpha value is -4.20. The van der Waals surface area contributed by atoms with Gasteiger partial charge in [0.1, 0.15) is 35.5 Å². The number of aromatic nitrogens is 4. The van der Waals surface area contributed by atoms with E-state index in [0.29, 0.717) is 21.7 Å². The number of fused-ring (bicyclic) bond motifs is 2. The van der Waals surface area contributed by atoms with E-state index in [2.05, 4.69) is 28.3 Å². The van der Waals surface area contributed by atoms with Crippen molar-refractivity contribution in [2.75, 3.05) is 13.2 Å². The summed E-state index contributed by atoms with van der Waals surface area (Å²) < 4.78 is 19.2. The van der Waals surface area contributed by atoms with Crippen molar-refractivity contribution in [2.45, 2.75) is 24.4 Å². The Morgan fingerprint density at radius 3 is 2.46 bits per heavy atom. The smallest absolute Gasteiger partial charge is 0.212 e. The molecular formula is C29H22ClN5O4. The molecule has 0 unspecified atom stereocenters. The maximum absolute atomic E-state index is 10.0. The standard InChI is InChI=1S/C29H22ClN5O4/c30-21-12-22-26(20(13-31)29(33-22)39-24-15-38-27-23(36)14-37-28(24)27)34-25(21)18-4-2-16(3-5-18)17-6-8-19(9-7-17)35-11-1-10-32-35/h1-12,23-24,27-28,33,36H,14-15H2/t23-,24-,27-,28-/m1/s1. The van der Waals surface area contributed by atoms with Gasteiger partial charge in [-0.1, -0.05) is 48.0 Å². The molecule has 2 aliphatic rings. The number of aliphatic hydroxyl groups is 1. The van der Waals surface area contributed by atoms with Gasteiger partial charge in [-0.15, -0.1) is 0 Å². The van der Waals surface area contributed by atoms with Crippen molar-refractivity contribution in [2.24, 2.45) is 0 Å². The molecule has 4 atom stereocenters. The maximum Gasteiger partial charge on any atom is 0.212 e. The second-order valence-corrected chi connectivity index (χ2v) is 9.96. The molecule has 0 spiro atoms. The third-order valence-corrected chi connectivity index (χ3v) is 7.47. The molecule has 10 heteroatoms. The number of hydrogen-bond donors (Lipinski definition) is 2. The first kappa shape index (κ1) is 23.9. The number of pyridine rings is 1. The maximum atomic E-state index is 10.0. The van der Waals surface area contributed by atoms with Gasteiger partial charge >= 0.3 is 0 Å². The number of ether oxygens (including phenoxy) is 3. The highest BCUT2D eigenvalue weighted by molar-refractivity contribution is 6.33. The van der Waals surface area contributed by atoms with E-state index < -0.39 is 24.4 Å². The summed E-state index contributed by atoms with van der Waals surface area (Å²) >= 11 is 6.64. The SMILES string of the molecule is N#Cc1c(O[C@@H]2CO[C@H]3[C@@H]2OC[C@H]3O)[nH]c2cc(Cl)c(-c3ccc(-c4ccc(-n5cccn5)cc4)cc3)nc12. The summed E-state index contributed by atoms with van der Waals surface area (Å²) in [5.74, 6) is 0.279. The van der Waals surface area contributed by atoms with E-state index >= 15 is 0 Å². The molecule has 0 radical (unpaired) electrons. The average Bonchev–Trinajstić information content (AvgIpc) is 3.75. The molecule has 2 aromatic carbocycles. The molecule has 194 valence electrons. The predicted molar refractivity (Wildman–Crippen MR) is 144 cm³/mol. The zero-order chi connectivity index (χ0) is 26.5. The van der Waals surface area contributed by atoms with Gasteiger partial charge in [0.2, 0.25) is 5.88 Å². The summed E-state index contributed by atoms with van der Waals surface area (Å²) in [7, 11) is 0. The highest BCUT2D eigenvalue weighted by Crippen LogP contribution is 2.36. The number of hydrogen-bond acceptors (Lipinski definition) is 7. The predicted octanol–water partition coefficient (Wildman–Crippen LogP) is 4.51. The summed E-state index contributed by atoms with van der Waals surface area (Å²) in [4.78, 5) is 7.88. The van der Waals surface area contributed by atoms with E-state index in [0.717, 1.165) is 22.4 Å². The van der Waals surface area contributed by atoms with E-state index in [9.17, 15) is 10.4 Å². The minimum atomic E-state index is -0.683. The fourth-order valence-electron chi connectivity index (χ4n) is 5.21. The molecule has 3 aromatic heterocycles. The normalized spacial score (nSPS) is 22.2. The lowest BCUT2D eigenvalue weighted by molar-refractivity contribution is 0.00789. The molecule has 9 nitrogen and oxygen atoms in total. The number of aliphatic hydroxyl groups excluding tert-OH is 1. The van der Waals surface area contributed by atoms with Crippen LogP contribution in [0.3, 0.4) is 0 Å². The van der Waals surface area contributed by atoms with Crippen LogP contribution in [0.25, 0.3) is 39.1 Å². The van der Waals surface area contributed by atoms with Crippen LogP contribution in [0.15, 0.2) is 73.1 Å². The van der Waals surface area contributed by atoms with Crippen molar-refractivity contribution >= 4 is 22.6 Å². The molecule has 2 aliphatic heterocycles. The largest absolute Gasteiger partial charge is 0.469 e. The molecule has 2 saturated heterocycles. The zero-order valence-electron chi connectivity index (χ0n) is 20.5. The quantitative estimate of drug-likeness (QED) is 0.337. The highest BCUT2D eigenvalue weighted by Gasteiger charge is 2.48. The number of halogens is 1. The summed E-state index contributed by atoms with van der Waals surface area (Å²) in [5.41, 5.74) is 5.84. The first-order valence-corrected chi connectivity index (χ1v) is 12.9. The Kier molecular flexibility index (Phi) is 5.83. The Bertz CT molecular complexity index is 1690. The average molecular weight is 540 g/mol. The molecule has 2 N–H and O–H groups in total. The minimum Gasteiger partial charge on any atom is -0.469 e. The zero-order valence-corrected chi connectivity index (χ0v) is 21.2. The molecule has 5 aromatic rings. The van der Waals surface area contributed by atoms with Crippen molar-refractivity contribution < 1.29 is 19.3 Å². The lowest BCUT2D eigenvalue weighted by Crippen LogP contribution is -2.34. The monoisotopic (exact) mass is 539 g/mol. The van der Waals surface area contributed by atoms with Gasteiger partial charge in [0.05, 0.1) is 35.1 Å². The summed E-state index contributed by atoms with van der Waals surface area (Å²) in [6.07, 6.45) is 1.69. The van der Waals surface area contributed by atoms with Crippen LogP contribution in [-0.2, 0) is 9.47 Å².